The topological polar surface area (TPSA) is 224 Å². The molecular weight excluding hydrogens is 942 g/mol. The van der Waals surface area contributed by atoms with Crippen LogP contribution < -0.4 is 10.6 Å². The minimum absolute atomic E-state index is 0.106. The molecule has 69 heavy (non-hydrogen) atoms. The second-order valence-corrected chi connectivity index (χ2v) is 16.6. The fraction of sp³-hybridized carbons (Fsp3) is 0.652. The molecule has 0 fully saturated rings. The van der Waals surface area contributed by atoms with Gasteiger partial charge in [0.15, 0.2) is 12.4 Å². The van der Waals surface area contributed by atoms with Gasteiger partial charge in [-0.2, -0.15) is 0 Å². The van der Waals surface area contributed by atoms with E-state index in [1.165, 1.54) is 4.88 Å². The highest BCUT2D eigenvalue weighted by Gasteiger charge is 2.32. The van der Waals surface area contributed by atoms with Gasteiger partial charge in [0.2, 0.25) is 5.91 Å². The second kappa shape index (κ2) is 36.0. The number of carbonyl (C=O) groups is 2. The first kappa shape index (κ1) is 57.6. The Hall–Kier alpha value is -4.01. The number of oxime groups is 1. The van der Waals surface area contributed by atoms with Crippen LogP contribution in [0.15, 0.2) is 34.4 Å². The molecule has 2 amide bonds. The van der Waals surface area contributed by atoms with E-state index in [0.29, 0.717) is 169 Å². The molecule has 3 heterocycles. The van der Waals surface area contributed by atoms with Gasteiger partial charge in [0.1, 0.15) is 16.9 Å². The Kier molecular flexibility index (Phi) is 30.0. The molecule has 0 saturated heterocycles. The van der Waals surface area contributed by atoms with Crippen LogP contribution in [0, 0.1) is 20.8 Å². The molecular formula is C46H70ClN7O14S. The standard InChI is InChI=1S/C46H70ClN7O14S/c1-35-36(2)69-46-43(35)44(38-5-7-39(47)8-6-38)51-40(45-53-52-37(3)54(45)46)33-41(55)49-9-11-57-13-15-59-17-19-61-21-23-63-25-27-65-29-31-67-32-30-66-28-26-64-24-22-62-20-18-60-16-14-58-12-10-50-42(56)34-68-48-4/h5-8,40H,4,9-34H2,1-3H3,(H,49,55)(H,50,56)/t40-/m0/s1. The number of aliphatic imine (C=N–C) groups is 1. The molecule has 23 heteroatoms. The molecule has 4 rings (SSSR count). The van der Waals surface area contributed by atoms with Gasteiger partial charge in [-0.05, 0) is 38.5 Å². The van der Waals surface area contributed by atoms with Gasteiger partial charge >= 0.3 is 0 Å². The highest BCUT2D eigenvalue weighted by atomic mass is 35.5. The van der Waals surface area contributed by atoms with Gasteiger partial charge in [-0.15, -0.1) is 26.7 Å². The van der Waals surface area contributed by atoms with Gasteiger partial charge in [-0.3, -0.25) is 19.1 Å². The molecule has 1 atom stereocenters. The van der Waals surface area contributed by atoms with Crippen molar-refractivity contribution in [2.24, 2.45) is 10.1 Å². The third kappa shape index (κ3) is 23.2. The first-order chi connectivity index (χ1) is 33.8. The van der Waals surface area contributed by atoms with E-state index >= 15 is 0 Å². The third-order valence-electron chi connectivity index (χ3n) is 9.88. The number of ether oxygens (including phenoxy) is 11. The van der Waals surface area contributed by atoms with E-state index in [-0.39, 0.29) is 24.8 Å². The monoisotopic (exact) mass is 1010 g/mol. The predicted octanol–water partition coefficient (Wildman–Crippen LogP) is 3.24. The van der Waals surface area contributed by atoms with Crippen LogP contribution in [-0.4, -0.2) is 204 Å². The van der Waals surface area contributed by atoms with Crippen LogP contribution in [0.25, 0.3) is 5.00 Å². The Labute approximate surface area is 413 Å². The summed E-state index contributed by atoms with van der Waals surface area (Å²) in [7, 11) is 0. The van der Waals surface area contributed by atoms with Crippen molar-refractivity contribution in [2.45, 2.75) is 33.2 Å². The van der Waals surface area contributed by atoms with Crippen molar-refractivity contribution < 1.29 is 66.5 Å². The Morgan fingerprint density at radius 3 is 1.45 bits per heavy atom. The lowest BCUT2D eigenvalue weighted by molar-refractivity contribution is -0.126. The van der Waals surface area contributed by atoms with Crippen molar-refractivity contribution in [1.82, 2.24) is 25.4 Å². The number of hydrogen-bond acceptors (Lipinski definition) is 19. The molecule has 2 aromatic heterocycles. The average Bonchev–Trinajstić information content (AvgIpc) is 3.83. The number of carbonyl (C=O) groups excluding carboxylic acids is 2. The summed E-state index contributed by atoms with van der Waals surface area (Å²) in [4.78, 5) is 35.3. The minimum Gasteiger partial charge on any atom is -0.386 e. The number of nitrogens with one attached hydrogen (secondary N) is 2. The largest absolute Gasteiger partial charge is 0.386 e. The zero-order valence-corrected chi connectivity index (χ0v) is 41.8. The van der Waals surface area contributed by atoms with E-state index < -0.39 is 6.04 Å². The summed E-state index contributed by atoms with van der Waals surface area (Å²) in [6, 6.07) is 7.07. The van der Waals surface area contributed by atoms with E-state index in [4.69, 9.17) is 68.7 Å². The first-order valence-electron chi connectivity index (χ1n) is 23.1. The molecule has 1 aliphatic rings. The molecule has 3 aromatic rings. The van der Waals surface area contributed by atoms with Crippen LogP contribution in [-0.2, 0) is 66.5 Å². The Morgan fingerprint density at radius 2 is 1.03 bits per heavy atom. The third-order valence-corrected chi connectivity index (χ3v) is 11.3. The summed E-state index contributed by atoms with van der Waals surface area (Å²) in [5.41, 5.74) is 3.88. The van der Waals surface area contributed by atoms with Crippen LogP contribution in [0.1, 0.15) is 45.7 Å². The normalized spacial score (nSPS) is 13.2. The number of benzene rings is 1. The summed E-state index contributed by atoms with van der Waals surface area (Å²) in [6.07, 6.45) is 0.106. The maximum absolute atomic E-state index is 13.2. The minimum atomic E-state index is -0.539. The van der Waals surface area contributed by atoms with E-state index in [1.807, 2.05) is 35.8 Å². The van der Waals surface area contributed by atoms with Crippen LogP contribution in [0.5, 0.6) is 0 Å². The van der Waals surface area contributed by atoms with Gasteiger partial charge in [0.25, 0.3) is 5.91 Å². The lowest BCUT2D eigenvalue weighted by Crippen LogP contribution is -2.30. The van der Waals surface area contributed by atoms with Crippen molar-refractivity contribution in [3.05, 3.63) is 62.5 Å². The van der Waals surface area contributed by atoms with Gasteiger partial charge in [-0.25, -0.2) is 0 Å². The molecule has 1 aromatic carbocycles. The SMILES string of the molecule is C=NOCC(=O)NCCOCCOCCOCCOCCOCCOCCOCCOCCOCCOCCOCCNC(=O)C[C@@H]1N=C(c2ccc(Cl)cc2)c2c(sc(C)c2C)-n2c(C)nnc21. The van der Waals surface area contributed by atoms with Crippen molar-refractivity contribution >= 4 is 47.2 Å². The molecule has 2 N–H and O–H groups in total. The molecule has 0 spiro atoms. The van der Waals surface area contributed by atoms with Crippen LogP contribution >= 0.6 is 22.9 Å². The van der Waals surface area contributed by atoms with Crippen molar-refractivity contribution in [2.75, 3.05) is 165 Å². The second-order valence-electron chi connectivity index (χ2n) is 14.9. The fourth-order valence-electron chi connectivity index (χ4n) is 6.36. The molecule has 0 aliphatic carbocycles. The van der Waals surface area contributed by atoms with Crippen LogP contribution in [0.4, 0.5) is 0 Å². The Balaban J connectivity index is 0.859. The Morgan fingerprint density at radius 1 is 0.623 bits per heavy atom. The highest BCUT2D eigenvalue weighted by molar-refractivity contribution is 7.15. The average molecular weight is 1010 g/mol. The maximum atomic E-state index is 13.2. The van der Waals surface area contributed by atoms with Crippen LogP contribution in [0.2, 0.25) is 5.02 Å². The molecule has 386 valence electrons. The molecule has 0 bridgehead atoms. The fourth-order valence-corrected chi connectivity index (χ4v) is 7.70. The van der Waals surface area contributed by atoms with Crippen LogP contribution in [0.3, 0.4) is 0 Å². The summed E-state index contributed by atoms with van der Waals surface area (Å²) < 4.78 is 62.6. The summed E-state index contributed by atoms with van der Waals surface area (Å²) in [5, 5.41) is 19.2. The number of aromatic nitrogens is 3. The molecule has 0 radical (unpaired) electrons. The summed E-state index contributed by atoms with van der Waals surface area (Å²) in [5.74, 6) is 0.932. The zero-order valence-electron chi connectivity index (χ0n) is 40.2. The van der Waals surface area contributed by atoms with Gasteiger partial charge < -0.3 is 67.6 Å². The predicted molar refractivity (Wildman–Crippen MR) is 258 cm³/mol. The number of nitrogens with zero attached hydrogens (tertiary/aromatic N) is 5. The first-order valence-corrected chi connectivity index (χ1v) is 24.3. The molecule has 1 aliphatic heterocycles. The van der Waals surface area contributed by atoms with E-state index in [9.17, 15) is 9.59 Å². The molecule has 0 unspecified atom stereocenters. The summed E-state index contributed by atoms with van der Waals surface area (Å²) >= 11 is 7.89. The molecule has 21 nitrogen and oxygen atoms in total. The summed E-state index contributed by atoms with van der Waals surface area (Å²) in [6.45, 7) is 19.6. The quantitative estimate of drug-likeness (QED) is 0.0472. The highest BCUT2D eigenvalue weighted by Crippen LogP contribution is 2.39. The number of halogens is 1. The number of aryl methyl sites for hydroxylation is 2. The number of fused-ring (bicyclic) bond motifs is 3. The van der Waals surface area contributed by atoms with Crippen molar-refractivity contribution in [1.29, 1.82) is 0 Å². The number of thiophene rings is 1. The number of amides is 2. The number of hydrogen-bond donors (Lipinski definition) is 2. The lowest BCUT2D eigenvalue weighted by Gasteiger charge is -2.13. The van der Waals surface area contributed by atoms with Gasteiger partial charge in [0, 0.05) is 40.8 Å². The van der Waals surface area contributed by atoms with Gasteiger partial charge in [-0.1, -0.05) is 23.7 Å². The maximum Gasteiger partial charge on any atom is 0.260 e. The number of rotatable bonds is 42. The zero-order chi connectivity index (χ0) is 49.2. The molecule has 0 saturated carbocycles. The Bertz CT molecular complexity index is 1920. The van der Waals surface area contributed by atoms with Gasteiger partial charge in [0.05, 0.1) is 157 Å². The van der Waals surface area contributed by atoms with Crippen molar-refractivity contribution in [3.8, 4) is 5.00 Å². The van der Waals surface area contributed by atoms with E-state index in [1.54, 1.807) is 11.3 Å². The van der Waals surface area contributed by atoms with Crippen molar-refractivity contribution in [3.63, 3.8) is 0 Å². The van der Waals surface area contributed by atoms with E-state index in [2.05, 4.69) is 51.4 Å². The lowest BCUT2D eigenvalue weighted by atomic mass is 9.99. The smallest absolute Gasteiger partial charge is 0.260 e. The van der Waals surface area contributed by atoms with E-state index in [0.717, 1.165) is 33.2 Å².